The molecule has 19 nitrogen and oxygen atoms in total. The molecular weight excluding hydrogens is 1040 g/mol. The molecule has 4 N–H and O–H groups in total. The van der Waals surface area contributed by atoms with Gasteiger partial charge in [-0.25, -0.2) is 19.0 Å². The van der Waals surface area contributed by atoms with Crippen LogP contribution in [0, 0.1) is 18.7 Å². The maximum absolute atomic E-state index is 15.7. The molecule has 4 aromatic heterocycles. The fourth-order valence-corrected chi connectivity index (χ4v) is 11.0. The van der Waals surface area contributed by atoms with Crippen LogP contribution in [0.25, 0.3) is 55.3 Å². The van der Waals surface area contributed by atoms with Gasteiger partial charge in [0.1, 0.15) is 48.4 Å². The number of H-pyrrole nitrogens is 1. The third-order valence-corrected chi connectivity index (χ3v) is 15.3. The minimum atomic E-state index is -0.442. The van der Waals surface area contributed by atoms with Crippen LogP contribution >= 0.6 is 11.6 Å². The Morgan fingerprint density at radius 2 is 1.73 bits per heavy atom. The fourth-order valence-electron chi connectivity index (χ4n) is 10.7. The van der Waals surface area contributed by atoms with Crippen molar-refractivity contribution in [1.29, 1.82) is 0 Å². The summed E-state index contributed by atoms with van der Waals surface area (Å²) in [5.41, 5.74) is 7.58. The average molecular weight is 1110 g/mol. The first kappa shape index (κ1) is 57.0. The van der Waals surface area contributed by atoms with Crippen LogP contribution in [0.4, 0.5) is 10.2 Å². The first-order valence-electron chi connectivity index (χ1n) is 27.3. The summed E-state index contributed by atoms with van der Waals surface area (Å²) >= 11 is 7.33. The zero-order chi connectivity index (χ0) is 56.6. The number of benzene rings is 4. The third kappa shape index (κ3) is 12.1. The molecule has 80 heavy (non-hydrogen) atoms. The van der Waals surface area contributed by atoms with Crippen LogP contribution in [0.1, 0.15) is 89.6 Å². The van der Waals surface area contributed by atoms with E-state index in [0.717, 1.165) is 66.7 Å². The van der Waals surface area contributed by atoms with Gasteiger partial charge in [0.25, 0.3) is 0 Å². The van der Waals surface area contributed by atoms with E-state index in [2.05, 4.69) is 52.9 Å². The molecule has 0 spiro atoms. The van der Waals surface area contributed by atoms with Gasteiger partial charge in [-0.1, -0.05) is 93.0 Å². The number of hydrogen-bond donors (Lipinski definition) is 4. The number of nitrogens with zero attached hydrogens (tertiary/aromatic N) is 10. The molecule has 21 heteroatoms. The number of nitrogens with one attached hydrogen (secondary N) is 3. The molecule has 3 aliphatic rings. The van der Waals surface area contributed by atoms with Crippen molar-refractivity contribution in [1.82, 2.24) is 60.7 Å². The molecule has 0 radical (unpaired) electrons. The molecule has 420 valence electrons. The number of halogens is 2. The summed E-state index contributed by atoms with van der Waals surface area (Å²) in [6.07, 6.45) is 11.9. The van der Waals surface area contributed by atoms with Crippen molar-refractivity contribution in [2.75, 3.05) is 44.9 Å². The van der Waals surface area contributed by atoms with Crippen molar-refractivity contribution in [3.8, 4) is 45.3 Å². The Labute approximate surface area is 469 Å². The van der Waals surface area contributed by atoms with Crippen LogP contribution in [-0.2, 0) is 20.9 Å². The highest BCUT2D eigenvalue weighted by Gasteiger charge is 2.40. The Bertz CT molecular complexity index is 3400. The molecular formula is C59H69ClFN13O6. The summed E-state index contributed by atoms with van der Waals surface area (Å²) in [6.45, 7) is 16.4. The standard InChI is InChI=1S/C44H50ClFN10O4.C13H13N3O2.C2H6/c1-23(2)40(43(57)54-13-7-8-24(54)3)56-20-36(52-53-56)28-11-9-27(10-12-28)22-59-41-38(37-26(5)34(46)16-35-32(37)18-48-51-35)33(45)15-31-39(41)49-44(60-21-25(4)58-6)50-42(31)55-19-29-14-30(55)17-47-29;17-7-13(16-9-18)11-3-1-10(2-4-11)12-5-14-8-15-6-12;1-2/h9-12,15-16,18,20,23-25,29-30,40,47H,7-8,13-14,17,19,21-22H2,1-6H3,(H,48,51);1-6,8-9,13,17H,7H2,(H,16,18);1-2H3/t24?,25-,29?,30?,40?;;/m0../s1. The molecule has 0 saturated carbocycles. The van der Waals surface area contributed by atoms with Gasteiger partial charge in [-0.05, 0) is 80.3 Å². The van der Waals surface area contributed by atoms with E-state index in [0.29, 0.717) is 73.2 Å². The lowest BCUT2D eigenvalue weighted by Gasteiger charge is -2.30. The third-order valence-electron chi connectivity index (χ3n) is 15.0. The minimum absolute atomic E-state index is 0.0352. The quantitative estimate of drug-likeness (QED) is 0.0588. The molecule has 6 atom stereocenters. The number of carbonyl (C=O) groups excluding carboxylic acids is 2. The number of aliphatic hydroxyl groups is 1. The monoisotopic (exact) mass is 1110 g/mol. The maximum atomic E-state index is 15.7. The number of ether oxygens (including phenoxy) is 3. The van der Waals surface area contributed by atoms with E-state index in [1.165, 1.54) is 12.4 Å². The summed E-state index contributed by atoms with van der Waals surface area (Å²) < 4.78 is 35.9. The number of aliphatic hydroxyl groups excluding tert-OH is 1. The molecule has 2 bridgehead atoms. The van der Waals surface area contributed by atoms with Gasteiger partial charge in [0, 0.05) is 90.3 Å². The van der Waals surface area contributed by atoms with Crippen LogP contribution in [-0.4, -0.2) is 132 Å². The van der Waals surface area contributed by atoms with Crippen molar-refractivity contribution >= 4 is 51.5 Å². The van der Waals surface area contributed by atoms with E-state index < -0.39 is 11.9 Å². The maximum Gasteiger partial charge on any atom is 0.319 e. The Kier molecular flexibility index (Phi) is 18.3. The van der Waals surface area contributed by atoms with E-state index in [-0.39, 0.29) is 61.9 Å². The molecule has 0 aliphatic carbocycles. The number of aromatic amines is 1. The second kappa shape index (κ2) is 25.6. The predicted molar refractivity (Wildman–Crippen MR) is 306 cm³/mol. The van der Waals surface area contributed by atoms with Crippen molar-refractivity contribution in [3.63, 3.8) is 0 Å². The zero-order valence-corrected chi connectivity index (χ0v) is 47.1. The Morgan fingerprint density at radius 3 is 2.38 bits per heavy atom. The van der Waals surface area contributed by atoms with E-state index in [1.807, 2.05) is 100 Å². The number of anilines is 1. The smallest absolute Gasteiger partial charge is 0.319 e. The molecule has 2 amide bonds. The Balaban J connectivity index is 0.000000327. The number of amides is 2. The van der Waals surface area contributed by atoms with Gasteiger partial charge in [0.15, 0.2) is 5.75 Å². The number of piperazine rings is 1. The number of rotatable bonds is 18. The normalized spacial score (nSPS) is 17.7. The lowest BCUT2D eigenvalue weighted by atomic mass is 9.94. The van der Waals surface area contributed by atoms with Crippen LogP contribution in [0.5, 0.6) is 11.8 Å². The first-order chi connectivity index (χ1) is 38.8. The second-order valence-electron chi connectivity index (χ2n) is 20.5. The number of aromatic nitrogens is 9. The minimum Gasteiger partial charge on any atom is -0.486 e. The largest absolute Gasteiger partial charge is 0.486 e. The summed E-state index contributed by atoms with van der Waals surface area (Å²) in [5, 5.41) is 33.1. The van der Waals surface area contributed by atoms with E-state index in [9.17, 15) is 9.59 Å². The number of carbonyl (C=O) groups is 2. The number of fused-ring (bicyclic) bond motifs is 4. The highest BCUT2D eigenvalue weighted by Crippen LogP contribution is 2.49. The van der Waals surface area contributed by atoms with Gasteiger partial charge in [-0.2, -0.15) is 15.1 Å². The number of likely N-dealkylation sites (tertiary alicyclic amines) is 1. The van der Waals surface area contributed by atoms with E-state index in [4.69, 9.17) is 40.9 Å². The SMILES string of the molecule is CC.CO[C@@H](C)COc1nc(N2CC3CC2CN3)c2cc(Cl)c(-c3c(C)c(F)cc4[nH]ncc34)c(OCc3ccc(-c4cn(C(C(=O)N5CCCC5C)C(C)C)nn4)cc3)c2n1.O=CNC(CO)c1ccc(-c2cncnc2)cc1. The predicted octanol–water partition coefficient (Wildman–Crippen LogP) is 9.23. The van der Waals surface area contributed by atoms with Crippen molar-refractivity contribution in [2.45, 2.75) is 111 Å². The van der Waals surface area contributed by atoms with Gasteiger partial charge < -0.3 is 39.8 Å². The topological polar surface area (TPSA) is 224 Å². The first-order valence-corrected chi connectivity index (χ1v) is 27.6. The Hall–Kier alpha value is -7.65. The number of hydrogen-bond acceptors (Lipinski definition) is 15. The molecule has 3 aliphatic heterocycles. The summed E-state index contributed by atoms with van der Waals surface area (Å²) in [6, 6.07) is 18.8. The van der Waals surface area contributed by atoms with Crippen molar-refractivity contribution in [2.24, 2.45) is 5.92 Å². The molecule has 4 aromatic carbocycles. The second-order valence-corrected chi connectivity index (χ2v) is 20.9. The van der Waals surface area contributed by atoms with Crippen molar-refractivity contribution < 1.29 is 33.3 Å². The molecule has 3 fully saturated rings. The van der Waals surface area contributed by atoms with Crippen LogP contribution in [0.2, 0.25) is 5.02 Å². The van der Waals surface area contributed by atoms with Gasteiger partial charge >= 0.3 is 6.01 Å². The molecule has 8 aromatic rings. The molecule has 5 unspecified atom stereocenters. The van der Waals surface area contributed by atoms with Gasteiger partial charge in [-0.15, -0.1) is 5.10 Å². The van der Waals surface area contributed by atoms with Crippen molar-refractivity contribution in [3.05, 3.63) is 119 Å². The van der Waals surface area contributed by atoms with E-state index >= 15 is 4.39 Å². The molecule has 7 heterocycles. The highest BCUT2D eigenvalue weighted by molar-refractivity contribution is 6.35. The van der Waals surface area contributed by atoms with Gasteiger partial charge in [0.05, 0.1) is 41.7 Å². The van der Waals surface area contributed by atoms with Gasteiger partial charge in [0.2, 0.25) is 12.3 Å². The summed E-state index contributed by atoms with van der Waals surface area (Å²) in [7, 11) is 1.63. The van der Waals surface area contributed by atoms with Crippen LogP contribution in [0.15, 0.2) is 91.8 Å². The lowest BCUT2D eigenvalue weighted by molar-refractivity contribution is -0.137. The Morgan fingerprint density at radius 1 is 0.975 bits per heavy atom. The summed E-state index contributed by atoms with van der Waals surface area (Å²) in [4.78, 5) is 46.2. The van der Waals surface area contributed by atoms with Crippen LogP contribution in [0.3, 0.4) is 0 Å². The average Bonchev–Trinajstić information content (AvgIpc) is 4.40. The summed E-state index contributed by atoms with van der Waals surface area (Å²) in [5.74, 6) is 0.776. The van der Waals surface area contributed by atoms with E-state index in [1.54, 1.807) is 37.3 Å². The van der Waals surface area contributed by atoms with Gasteiger partial charge in [-0.3, -0.25) is 14.7 Å². The molecule has 11 rings (SSSR count). The lowest BCUT2D eigenvalue weighted by Crippen LogP contribution is -2.44. The zero-order valence-electron chi connectivity index (χ0n) is 46.4. The van der Waals surface area contributed by atoms with Crippen LogP contribution < -0.4 is 25.0 Å². The fraction of sp³-hybridized carbons (Fsp3) is 0.407. The molecule has 3 saturated heterocycles. The highest BCUT2D eigenvalue weighted by atomic mass is 35.5. The number of methoxy groups -OCH3 is 1.